The van der Waals surface area contributed by atoms with Crippen LogP contribution in [-0.4, -0.2) is 36.7 Å². The van der Waals surface area contributed by atoms with Gasteiger partial charge in [0.25, 0.3) is 0 Å². The third kappa shape index (κ3) is 2.14. The Labute approximate surface area is 104 Å². The Morgan fingerprint density at radius 2 is 2.28 bits per heavy atom. The van der Waals surface area contributed by atoms with Gasteiger partial charge in [0.2, 0.25) is 5.91 Å². The van der Waals surface area contributed by atoms with E-state index < -0.39 is 5.97 Å². The van der Waals surface area contributed by atoms with Gasteiger partial charge >= 0.3 is 5.97 Å². The number of hydrogen-bond donors (Lipinski definition) is 2. The molecule has 6 heteroatoms. The van der Waals surface area contributed by atoms with Crippen molar-refractivity contribution in [2.24, 2.45) is 5.73 Å². The molecular formula is C12H14N2O4. The summed E-state index contributed by atoms with van der Waals surface area (Å²) in [7, 11) is 1.40. The number of carboxylic acid groups (broad SMARTS) is 1. The normalized spacial score (nSPS) is 19.1. The number of carboxylic acids is 1. The minimum atomic E-state index is -1.09. The van der Waals surface area contributed by atoms with Crippen LogP contribution in [-0.2, 0) is 4.79 Å². The van der Waals surface area contributed by atoms with Crippen molar-refractivity contribution >= 4 is 17.6 Å². The molecule has 1 aromatic rings. The molecule has 0 aliphatic carbocycles. The summed E-state index contributed by atoms with van der Waals surface area (Å²) in [4.78, 5) is 24.3. The Kier molecular flexibility index (Phi) is 3.20. The fourth-order valence-corrected chi connectivity index (χ4v) is 2.02. The Balaban J connectivity index is 2.38. The molecule has 0 bridgehead atoms. The highest BCUT2D eigenvalue weighted by Crippen LogP contribution is 2.27. The zero-order valence-corrected chi connectivity index (χ0v) is 9.92. The molecule has 1 aliphatic heterocycles. The number of ether oxygens (including phenoxy) is 1. The number of nitrogens with two attached hydrogens (primary N) is 1. The second-order valence-corrected chi connectivity index (χ2v) is 4.16. The first-order valence-electron chi connectivity index (χ1n) is 5.50. The number of anilines is 1. The Hall–Kier alpha value is -2.08. The molecule has 0 spiro atoms. The van der Waals surface area contributed by atoms with Crippen LogP contribution < -0.4 is 15.4 Å². The largest absolute Gasteiger partial charge is 0.496 e. The van der Waals surface area contributed by atoms with Gasteiger partial charge in [0.15, 0.2) is 0 Å². The summed E-state index contributed by atoms with van der Waals surface area (Å²) >= 11 is 0. The predicted molar refractivity (Wildman–Crippen MR) is 64.9 cm³/mol. The molecule has 1 heterocycles. The molecule has 96 valence electrons. The van der Waals surface area contributed by atoms with E-state index >= 15 is 0 Å². The average molecular weight is 250 g/mol. The van der Waals surface area contributed by atoms with E-state index in [-0.39, 0.29) is 29.7 Å². The van der Waals surface area contributed by atoms with E-state index in [1.165, 1.54) is 24.1 Å². The molecular weight excluding hydrogens is 236 g/mol. The molecule has 1 fully saturated rings. The number of rotatable bonds is 3. The summed E-state index contributed by atoms with van der Waals surface area (Å²) in [5, 5.41) is 9.07. The maximum absolute atomic E-state index is 11.7. The molecule has 1 aliphatic rings. The van der Waals surface area contributed by atoms with Crippen molar-refractivity contribution in [3.05, 3.63) is 23.8 Å². The lowest BCUT2D eigenvalue weighted by molar-refractivity contribution is -0.117. The van der Waals surface area contributed by atoms with Gasteiger partial charge in [-0.15, -0.1) is 0 Å². The van der Waals surface area contributed by atoms with E-state index in [0.717, 1.165) is 0 Å². The summed E-state index contributed by atoms with van der Waals surface area (Å²) < 4.78 is 4.96. The van der Waals surface area contributed by atoms with Gasteiger partial charge in [0.1, 0.15) is 11.3 Å². The molecule has 1 saturated heterocycles. The van der Waals surface area contributed by atoms with Gasteiger partial charge in [0.05, 0.1) is 7.11 Å². The van der Waals surface area contributed by atoms with Crippen molar-refractivity contribution in [2.45, 2.75) is 12.5 Å². The first-order valence-corrected chi connectivity index (χ1v) is 5.50. The molecule has 0 saturated carbocycles. The number of benzene rings is 1. The fourth-order valence-electron chi connectivity index (χ4n) is 2.02. The zero-order chi connectivity index (χ0) is 13.3. The average Bonchev–Trinajstić information content (AvgIpc) is 2.67. The monoisotopic (exact) mass is 250 g/mol. The van der Waals surface area contributed by atoms with E-state index in [0.29, 0.717) is 12.2 Å². The quantitative estimate of drug-likeness (QED) is 0.812. The van der Waals surface area contributed by atoms with Crippen LogP contribution >= 0.6 is 0 Å². The van der Waals surface area contributed by atoms with Crippen LogP contribution in [0.15, 0.2) is 18.2 Å². The molecule has 3 N–H and O–H groups in total. The first kappa shape index (κ1) is 12.4. The molecule has 6 nitrogen and oxygen atoms in total. The lowest BCUT2D eigenvalue weighted by Crippen LogP contribution is -2.28. The number of hydrogen-bond acceptors (Lipinski definition) is 4. The molecule has 1 aromatic carbocycles. The van der Waals surface area contributed by atoms with Gasteiger partial charge in [-0.2, -0.15) is 0 Å². The van der Waals surface area contributed by atoms with Crippen LogP contribution in [0, 0.1) is 0 Å². The molecule has 0 aromatic heterocycles. The molecule has 1 atom stereocenters. The zero-order valence-electron chi connectivity index (χ0n) is 9.92. The van der Waals surface area contributed by atoms with E-state index in [2.05, 4.69) is 0 Å². The molecule has 1 unspecified atom stereocenters. The molecule has 2 rings (SSSR count). The van der Waals surface area contributed by atoms with Crippen LogP contribution in [0.1, 0.15) is 16.8 Å². The van der Waals surface area contributed by atoms with Crippen LogP contribution in [0.4, 0.5) is 5.69 Å². The first-order chi connectivity index (χ1) is 8.52. The second kappa shape index (κ2) is 4.66. The standard InChI is InChI=1S/C12H14N2O4/c1-18-10-3-2-8(5-9(10)12(16)17)14-6-7(13)4-11(14)15/h2-3,5,7H,4,6,13H2,1H3,(H,16,17). The van der Waals surface area contributed by atoms with Crippen molar-refractivity contribution in [1.29, 1.82) is 0 Å². The minimum absolute atomic E-state index is 0.0308. The van der Waals surface area contributed by atoms with Crippen molar-refractivity contribution in [3.8, 4) is 5.75 Å². The SMILES string of the molecule is COc1ccc(N2CC(N)CC2=O)cc1C(=O)O. The number of nitrogens with zero attached hydrogens (tertiary/aromatic N) is 1. The maximum Gasteiger partial charge on any atom is 0.339 e. The van der Waals surface area contributed by atoms with Crippen molar-refractivity contribution in [3.63, 3.8) is 0 Å². The van der Waals surface area contributed by atoms with E-state index in [1.807, 2.05) is 0 Å². The molecule has 0 radical (unpaired) electrons. The Morgan fingerprint density at radius 1 is 1.56 bits per heavy atom. The lowest BCUT2D eigenvalue weighted by atomic mass is 10.1. The highest BCUT2D eigenvalue weighted by atomic mass is 16.5. The van der Waals surface area contributed by atoms with Gasteiger partial charge in [-0.25, -0.2) is 4.79 Å². The number of aromatic carboxylic acids is 1. The van der Waals surface area contributed by atoms with Crippen molar-refractivity contribution in [1.82, 2.24) is 0 Å². The smallest absolute Gasteiger partial charge is 0.339 e. The molecule has 1 amide bonds. The topological polar surface area (TPSA) is 92.9 Å². The highest BCUT2D eigenvalue weighted by Gasteiger charge is 2.28. The van der Waals surface area contributed by atoms with Gasteiger partial charge < -0.3 is 20.5 Å². The van der Waals surface area contributed by atoms with E-state index in [4.69, 9.17) is 15.6 Å². The number of methoxy groups -OCH3 is 1. The number of amides is 1. The van der Waals surface area contributed by atoms with Gasteiger partial charge in [0, 0.05) is 24.7 Å². The van der Waals surface area contributed by atoms with E-state index in [1.54, 1.807) is 6.07 Å². The van der Waals surface area contributed by atoms with Crippen LogP contribution in [0.25, 0.3) is 0 Å². The number of carbonyl (C=O) groups excluding carboxylic acids is 1. The second-order valence-electron chi connectivity index (χ2n) is 4.16. The van der Waals surface area contributed by atoms with Gasteiger partial charge in [-0.1, -0.05) is 0 Å². The highest BCUT2D eigenvalue weighted by molar-refractivity contribution is 5.98. The van der Waals surface area contributed by atoms with Crippen LogP contribution in [0.3, 0.4) is 0 Å². The Morgan fingerprint density at radius 3 is 2.78 bits per heavy atom. The van der Waals surface area contributed by atoms with Crippen molar-refractivity contribution < 1.29 is 19.4 Å². The minimum Gasteiger partial charge on any atom is -0.496 e. The summed E-state index contributed by atoms with van der Waals surface area (Å²) in [6, 6.07) is 4.42. The third-order valence-corrected chi connectivity index (χ3v) is 2.88. The van der Waals surface area contributed by atoms with E-state index in [9.17, 15) is 9.59 Å². The molecule has 18 heavy (non-hydrogen) atoms. The fraction of sp³-hybridized carbons (Fsp3) is 0.333. The maximum atomic E-state index is 11.7. The summed E-state index contributed by atoms with van der Waals surface area (Å²) in [5.74, 6) is -0.921. The van der Waals surface area contributed by atoms with Gasteiger partial charge in [-0.3, -0.25) is 4.79 Å². The predicted octanol–water partition coefficient (Wildman–Crippen LogP) is 0.457. The summed E-state index contributed by atoms with van der Waals surface area (Å²) in [6.45, 7) is 0.407. The van der Waals surface area contributed by atoms with Gasteiger partial charge in [-0.05, 0) is 18.2 Å². The summed E-state index contributed by atoms with van der Waals surface area (Å²) in [5.41, 5.74) is 6.27. The summed E-state index contributed by atoms with van der Waals surface area (Å²) in [6.07, 6.45) is 0.286. The third-order valence-electron chi connectivity index (χ3n) is 2.88. The lowest BCUT2D eigenvalue weighted by Gasteiger charge is -2.17. The van der Waals surface area contributed by atoms with Crippen molar-refractivity contribution in [2.75, 3.05) is 18.6 Å². The van der Waals surface area contributed by atoms with Crippen LogP contribution in [0.5, 0.6) is 5.75 Å². The van der Waals surface area contributed by atoms with Crippen LogP contribution in [0.2, 0.25) is 0 Å². The number of carbonyl (C=O) groups is 2. The Bertz CT molecular complexity index is 501.